The van der Waals surface area contributed by atoms with Gasteiger partial charge in [0, 0.05) is 26.1 Å². The van der Waals surface area contributed by atoms with Crippen LogP contribution < -0.4 is 11.1 Å². The van der Waals surface area contributed by atoms with E-state index in [1.54, 1.807) is 11.8 Å². The van der Waals surface area contributed by atoms with Crippen molar-refractivity contribution in [2.24, 2.45) is 17.6 Å². The molecule has 0 aromatic heterocycles. The van der Waals surface area contributed by atoms with Gasteiger partial charge >= 0.3 is 12.0 Å². The van der Waals surface area contributed by atoms with Gasteiger partial charge in [-0.3, -0.25) is 9.59 Å². The number of hydrogen-bond donors (Lipinski definition) is 3. The van der Waals surface area contributed by atoms with Crippen LogP contribution in [0.1, 0.15) is 26.2 Å². The number of rotatable bonds is 5. The van der Waals surface area contributed by atoms with E-state index in [0.29, 0.717) is 19.5 Å². The van der Waals surface area contributed by atoms with Gasteiger partial charge in [-0.25, -0.2) is 4.79 Å². The van der Waals surface area contributed by atoms with Gasteiger partial charge in [-0.15, -0.1) is 0 Å². The molecule has 1 unspecified atom stereocenters. The van der Waals surface area contributed by atoms with Crippen molar-refractivity contribution in [3.8, 4) is 0 Å². The summed E-state index contributed by atoms with van der Waals surface area (Å²) in [6.45, 7) is 2.81. The molecule has 1 fully saturated rings. The first-order chi connectivity index (χ1) is 8.90. The SMILES string of the molecule is CC(CNC(=O)N1CCC(CC(N)=O)CC1)C(=O)O. The minimum absolute atomic E-state index is 0.120. The monoisotopic (exact) mass is 271 g/mol. The minimum Gasteiger partial charge on any atom is -0.481 e. The molecule has 1 rings (SSSR count). The second-order valence-electron chi connectivity index (χ2n) is 5.03. The molecule has 0 aromatic carbocycles. The standard InChI is InChI=1S/C12H21N3O4/c1-8(11(17)18)7-14-12(19)15-4-2-9(3-5-15)6-10(13)16/h8-9H,2-7H2,1H3,(H2,13,16)(H,14,19)(H,17,18). The third kappa shape index (κ3) is 5.15. The number of urea groups is 1. The molecule has 1 heterocycles. The fourth-order valence-corrected chi connectivity index (χ4v) is 2.06. The highest BCUT2D eigenvalue weighted by molar-refractivity contribution is 5.76. The molecule has 3 amide bonds. The third-order valence-corrected chi connectivity index (χ3v) is 3.37. The first kappa shape index (κ1) is 15.3. The van der Waals surface area contributed by atoms with Crippen LogP contribution in [0.2, 0.25) is 0 Å². The van der Waals surface area contributed by atoms with E-state index in [4.69, 9.17) is 10.8 Å². The van der Waals surface area contributed by atoms with E-state index in [2.05, 4.69) is 5.32 Å². The number of piperidine rings is 1. The van der Waals surface area contributed by atoms with Gasteiger partial charge in [-0.1, -0.05) is 6.92 Å². The summed E-state index contributed by atoms with van der Waals surface area (Å²) in [4.78, 5) is 34.9. The van der Waals surface area contributed by atoms with E-state index < -0.39 is 11.9 Å². The van der Waals surface area contributed by atoms with E-state index in [0.717, 1.165) is 12.8 Å². The Balaban J connectivity index is 2.29. The summed E-state index contributed by atoms with van der Waals surface area (Å²) >= 11 is 0. The average Bonchev–Trinajstić information content (AvgIpc) is 2.35. The Labute approximate surface area is 112 Å². The smallest absolute Gasteiger partial charge is 0.317 e. The Hall–Kier alpha value is -1.79. The number of carbonyl (C=O) groups excluding carboxylic acids is 2. The maximum Gasteiger partial charge on any atom is 0.317 e. The van der Waals surface area contributed by atoms with Crippen molar-refractivity contribution in [1.82, 2.24) is 10.2 Å². The van der Waals surface area contributed by atoms with Gasteiger partial charge in [-0.2, -0.15) is 0 Å². The molecule has 7 nitrogen and oxygen atoms in total. The van der Waals surface area contributed by atoms with Crippen LogP contribution in [0.5, 0.6) is 0 Å². The molecule has 4 N–H and O–H groups in total. The lowest BCUT2D eigenvalue weighted by atomic mass is 9.93. The predicted octanol–water partition coefficient (Wildman–Crippen LogP) is 0.00410. The van der Waals surface area contributed by atoms with Crippen LogP contribution in [0.15, 0.2) is 0 Å². The topological polar surface area (TPSA) is 113 Å². The van der Waals surface area contributed by atoms with Crippen LogP contribution in [0.4, 0.5) is 4.79 Å². The number of hydrogen-bond acceptors (Lipinski definition) is 3. The Morgan fingerprint density at radius 2 is 1.95 bits per heavy atom. The highest BCUT2D eigenvalue weighted by Gasteiger charge is 2.24. The van der Waals surface area contributed by atoms with Gasteiger partial charge in [0.2, 0.25) is 5.91 Å². The van der Waals surface area contributed by atoms with E-state index in [9.17, 15) is 14.4 Å². The molecule has 0 saturated carbocycles. The molecule has 1 aliphatic rings. The van der Waals surface area contributed by atoms with Gasteiger partial charge in [0.15, 0.2) is 0 Å². The summed E-state index contributed by atoms with van der Waals surface area (Å²) in [6.07, 6.45) is 1.88. The molecule has 0 aromatic rings. The number of nitrogens with one attached hydrogen (secondary N) is 1. The summed E-state index contributed by atoms with van der Waals surface area (Å²) in [7, 11) is 0. The summed E-state index contributed by atoms with van der Waals surface area (Å²) < 4.78 is 0. The molecule has 0 aliphatic carbocycles. The lowest BCUT2D eigenvalue weighted by Crippen LogP contribution is -2.46. The molecule has 1 atom stereocenters. The van der Waals surface area contributed by atoms with Crippen molar-refractivity contribution < 1.29 is 19.5 Å². The molecule has 1 saturated heterocycles. The molecule has 0 spiro atoms. The number of carbonyl (C=O) groups is 3. The van der Waals surface area contributed by atoms with Gasteiger partial charge in [0.05, 0.1) is 5.92 Å². The maximum absolute atomic E-state index is 11.8. The van der Waals surface area contributed by atoms with Gasteiger partial charge < -0.3 is 21.1 Å². The van der Waals surface area contributed by atoms with Gasteiger partial charge in [0.25, 0.3) is 0 Å². The maximum atomic E-state index is 11.8. The Bertz CT molecular complexity index is 351. The fraction of sp³-hybridized carbons (Fsp3) is 0.750. The normalized spacial score (nSPS) is 17.8. The lowest BCUT2D eigenvalue weighted by Gasteiger charge is -2.31. The van der Waals surface area contributed by atoms with E-state index >= 15 is 0 Å². The van der Waals surface area contributed by atoms with Gasteiger partial charge in [0.1, 0.15) is 0 Å². The number of nitrogens with zero attached hydrogens (tertiary/aromatic N) is 1. The lowest BCUT2D eigenvalue weighted by molar-refractivity contribution is -0.140. The number of amides is 3. The van der Waals surface area contributed by atoms with Crippen molar-refractivity contribution >= 4 is 17.9 Å². The van der Waals surface area contributed by atoms with Crippen molar-refractivity contribution in [2.75, 3.05) is 19.6 Å². The van der Waals surface area contributed by atoms with Crippen LogP contribution in [-0.2, 0) is 9.59 Å². The van der Waals surface area contributed by atoms with Crippen molar-refractivity contribution in [3.63, 3.8) is 0 Å². The van der Waals surface area contributed by atoms with Crippen molar-refractivity contribution in [1.29, 1.82) is 0 Å². The Morgan fingerprint density at radius 3 is 2.42 bits per heavy atom. The fourth-order valence-electron chi connectivity index (χ4n) is 2.06. The highest BCUT2D eigenvalue weighted by atomic mass is 16.4. The predicted molar refractivity (Wildman–Crippen MR) is 68.3 cm³/mol. The van der Waals surface area contributed by atoms with Gasteiger partial charge in [-0.05, 0) is 18.8 Å². The quantitative estimate of drug-likeness (QED) is 0.653. The van der Waals surface area contributed by atoms with E-state index in [-0.39, 0.29) is 24.4 Å². The average molecular weight is 271 g/mol. The summed E-state index contributed by atoms with van der Waals surface area (Å²) in [5.74, 6) is -1.59. The molecule has 108 valence electrons. The molecular formula is C12H21N3O4. The first-order valence-electron chi connectivity index (χ1n) is 6.44. The summed E-state index contributed by atoms with van der Waals surface area (Å²) in [5.41, 5.74) is 5.14. The Morgan fingerprint density at radius 1 is 1.37 bits per heavy atom. The molecule has 0 bridgehead atoms. The van der Waals surface area contributed by atoms with Crippen LogP contribution in [0.25, 0.3) is 0 Å². The van der Waals surface area contributed by atoms with Crippen LogP contribution >= 0.6 is 0 Å². The molecule has 0 radical (unpaired) electrons. The number of nitrogens with two attached hydrogens (primary N) is 1. The third-order valence-electron chi connectivity index (χ3n) is 3.37. The van der Waals surface area contributed by atoms with Crippen LogP contribution in [0, 0.1) is 11.8 Å². The Kier molecular flexibility index (Phi) is 5.59. The highest BCUT2D eigenvalue weighted by Crippen LogP contribution is 2.20. The molecule has 19 heavy (non-hydrogen) atoms. The first-order valence-corrected chi connectivity index (χ1v) is 6.44. The zero-order valence-electron chi connectivity index (χ0n) is 11.1. The second kappa shape index (κ2) is 6.96. The zero-order chi connectivity index (χ0) is 14.4. The number of aliphatic carboxylic acids is 1. The molecule has 1 aliphatic heterocycles. The number of carboxylic acid groups (broad SMARTS) is 1. The van der Waals surface area contributed by atoms with E-state index in [1.165, 1.54) is 0 Å². The molecular weight excluding hydrogens is 250 g/mol. The van der Waals surface area contributed by atoms with E-state index in [1.807, 2.05) is 0 Å². The summed E-state index contributed by atoms with van der Waals surface area (Å²) in [5, 5.41) is 11.3. The van der Waals surface area contributed by atoms with Crippen molar-refractivity contribution in [3.05, 3.63) is 0 Å². The summed E-state index contributed by atoms with van der Waals surface area (Å²) in [6, 6.07) is -0.245. The minimum atomic E-state index is -0.930. The second-order valence-corrected chi connectivity index (χ2v) is 5.03. The largest absolute Gasteiger partial charge is 0.481 e. The number of primary amides is 1. The van der Waals surface area contributed by atoms with Crippen LogP contribution in [0.3, 0.4) is 0 Å². The molecule has 7 heteroatoms. The number of carboxylic acids is 1. The zero-order valence-corrected chi connectivity index (χ0v) is 11.1. The van der Waals surface area contributed by atoms with Crippen LogP contribution in [-0.4, -0.2) is 47.5 Å². The van der Waals surface area contributed by atoms with Crippen molar-refractivity contribution in [2.45, 2.75) is 26.2 Å². The number of likely N-dealkylation sites (tertiary alicyclic amines) is 1.